The van der Waals surface area contributed by atoms with Gasteiger partial charge in [-0.3, -0.25) is 0 Å². The van der Waals surface area contributed by atoms with E-state index in [1.807, 2.05) is 0 Å². The Morgan fingerprint density at radius 1 is 1.45 bits per heavy atom. The number of aliphatic hydroxyl groups is 1. The Labute approximate surface area is 114 Å². The Morgan fingerprint density at radius 3 is 2.70 bits per heavy atom. The van der Waals surface area contributed by atoms with Crippen molar-refractivity contribution in [2.24, 2.45) is 0 Å². The minimum Gasteiger partial charge on any atom is -0.478 e. The molecule has 0 aliphatic carbocycles. The second-order valence-corrected chi connectivity index (χ2v) is 5.07. The number of carbonyl (C=O) groups is 2. The van der Waals surface area contributed by atoms with Crippen LogP contribution in [0.3, 0.4) is 0 Å². The number of carboxylic acids is 1. The first kappa shape index (κ1) is 14.3. The Morgan fingerprint density at radius 2 is 2.15 bits per heavy atom. The van der Waals surface area contributed by atoms with Crippen molar-refractivity contribution >= 4 is 17.7 Å². The predicted molar refractivity (Wildman–Crippen MR) is 69.2 cm³/mol. The monoisotopic (exact) mass is 282 g/mol. The molecule has 1 unspecified atom stereocenters. The first-order valence-corrected chi connectivity index (χ1v) is 6.10. The van der Waals surface area contributed by atoms with E-state index in [4.69, 9.17) is 5.11 Å². The third-order valence-corrected chi connectivity index (χ3v) is 3.21. The zero-order valence-corrected chi connectivity index (χ0v) is 10.9. The Balaban J connectivity index is 2.17. The van der Waals surface area contributed by atoms with Crippen LogP contribution in [-0.4, -0.2) is 45.8 Å². The van der Waals surface area contributed by atoms with Gasteiger partial charge in [0.1, 0.15) is 11.4 Å². The van der Waals surface area contributed by atoms with Crippen LogP contribution >= 0.6 is 0 Å². The van der Waals surface area contributed by atoms with Gasteiger partial charge in [-0.05, 0) is 25.5 Å². The molecule has 0 spiro atoms. The van der Waals surface area contributed by atoms with Crippen LogP contribution in [0, 0.1) is 5.82 Å². The minimum absolute atomic E-state index is 0.103. The molecule has 1 saturated heterocycles. The van der Waals surface area contributed by atoms with Gasteiger partial charge in [0.05, 0.1) is 17.8 Å². The summed E-state index contributed by atoms with van der Waals surface area (Å²) in [7, 11) is 0. The highest BCUT2D eigenvalue weighted by molar-refractivity contribution is 6.00. The van der Waals surface area contributed by atoms with Crippen LogP contribution in [0.4, 0.5) is 14.9 Å². The van der Waals surface area contributed by atoms with Gasteiger partial charge < -0.3 is 20.4 Å². The third kappa shape index (κ3) is 2.88. The smallest absolute Gasteiger partial charge is 0.340 e. The number of hydrogen-bond acceptors (Lipinski definition) is 3. The van der Waals surface area contributed by atoms with Gasteiger partial charge in [0, 0.05) is 6.54 Å². The fourth-order valence-corrected chi connectivity index (χ4v) is 2.16. The number of benzene rings is 1. The van der Waals surface area contributed by atoms with Gasteiger partial charge in [-0.15, -0.1) is 0 Å². The van der Waals surface area contributed by atoms with Crippen LogP contribution in [0.2, 0.25) is 0 Å². The zero-order chi connectivity index (χ0) is 14.9. The molecule has 6 nitrogen and oxygen atoms in total. The third-order valence-electron chi connectivity index (χ3n) is 3.21. The molecule has 0 radical (unpaired) electrons. The van der Waals surface area contributed by atoms with Crippen LogP contribution in [0.1, 0.15) is 23.7 Å². The molecule has 1 atom stereocenters. The molecule has 1 heterocycles. The first-order chi connectivity index (χ1) is 9.30. The summed E-state index contributed by atoms with van der Waals surface area (Å²) in [6.45, 7) is 2.12. The maximum Gasteiger partial charge on any atom is 0.340 e. The summed E-state index contributed by atoms with van der Waals surface area (Å²) in [6.07, 6.45) is 0.440. The summed E-state index contributed by atoms with van der Waals surface area (Å²) in [5, 5.41) is 21.1. The number of hydrogen-bond donors (Lipinski definition) is 3. The van der Waals surface area contributed by atoms with Crippen molar-refractivity contribution in [3.63, 3.8) is 0 Å². The molecule has 108 valence electrons. The zero-order valence-electron chi connectivity index (χ0n) is 10.9. The number of carboxylic acid groups (broad SMARTS) is 1. The summed E-state index contributed by atoms with van der Waals surface area (Å²) in [5.74, 6) is -2.37. The molecule has 0 saturated carbocycles. The summed E-state index contributed by atoms with van der Waals surface area (Å²) >= 11 is 0. The maximum atomic E-state index is 13.5. The van der Waals surface area contributed by atoms with Gasteiger partial charge in [-0.25, -0.2) is 14.0 Å². The van der Waals surface area contributed by atoms with Crippen molar-refractivity contribution < 1.29 is 24.2 Å². The van der Waals surface area contributed by atoms with Crippen molar-refractivity contribution in [1.29, 1.82) is 0 Å². The number of nitrogens with one attached hydrogen (secondary N) is 1. The van der Waals surface area contributed by atoms with Crippen molar-refractivity contribution in [2.75, 3.05) is 18.4 Å². The lowest BCUT2D eigenvalue weighted by atomic mass is 10.1. The van der Waals surface area contributed by atoms with E-state index in [1.165, 1.54) is 17.0 Å². The molecular formula is C13H15FN2O4. The van der Waals surface area contributed by atoms with Gasteiger partial charge in [-0.2, -0.15) is 0 Å². The molecule has 1 aliphatic rings. The lowest BCUT2D eigenvalue weighted by molar-refractivity contribution is 0.0690. The average molecular weight is 282 g/mol. The standard InChI is InChI=1S/C13H15FN2O4/c1-13(20)5-6-16(7-13)12(19)15-9-4-2-3-8(14)10(9)11(17)18/h2-4,20H,5-7H2,1H3,(H,15,19)(H,17,18). The first-order valence-electron chi connectivity index (χ1n) is 6.10. The number of urea groups is 1. The van der Waals surface area contributed by atoms with Gasteiger partial charge in [0.25, 0.3) is 0 Å². The molecular weight excluding hydrogens is 267 g/mol. The molecule has 0 bridgehead atoms. The fraction of sp³-hybridized carbons (Fsp3) is 0.385. The molecule has 2 rings (SSSR count). The van der Waals surface area contributed by atoms with Crippen molar-refractivity contribution in [3.05, 3.63) is 29.6 Å². The normalized spacial score (nSPS) is 21.9. The van der Waals surface area contributed by atoms with Crippen LogP contribution in [0.5, 0.6) is 0 Å². The van der Waals surface area contributed by atoms with Crippen molar-refractivity contribution in [1.82, 2.24) is 4.90 Å². The molecule has 1 aromatic rings. The number of nitrogens with zero attached hydrogens (tertiary/aromatic N) is 1. The lowest BCUT2D eigenvalue weighted by Gasteiger charge is -2.20. The van der Waals surface area contributed by atoms with E-state index in [9.17, 15) is 19.1 Å². The highest BCUT2D eigenvalue weighted by atomic mass is 19.1. The number of amides is 2. The SMILES string of the molecule is CC1(O)CCN(C(=O)Nc2cccc(F)c2C(=O)O)C1. The number of likely N-dealkylation sites (tertiary alicyclic amines) is 1. The van der Waals surface area contributed by atoms with E-state index in [-0.39, 0.29) is 12.2 Å². The van der Waals surface area contributed by atoms with E-state index < -0.39 is 29.0 Å². The highest BCUT2D eigenvalue weighted by Crippen LogP contribution is 2.23. The average Bonchev–Trinajstić information content (AvgIpc) is 2.69. The van der Waals surface area contributed by atoms with Crippen LogP contribution in [0.25, 0.3) is 0 Å². The van der Waals surface area contributed by atoms with E-state index in [2.05, 4.69) is 5.32 Å². The molecule has 1 aliphatic heterocycles. The fourth-order valence-electron chi connectivity index (χ4n) is 2.16. The van der Waals surface area contributed by atoms with Gasteiger partial charge >= 0.3 is 12.0 Å². The molecule has 1 aromatic carbocycles. The molecule has 20 heavy (non-hydrogen) atoms. The van der Waals surface area contributed by atoms with Gasteiger partial charge in [-0.1, -0.05) is 6.07 Å². The summed E-state index contributed by atoms with van der Waals surface area (Å²) in [6, 6.07) is 3.09. The minimum atomic E-state index is -1.45. The van der Waals surface area contributed by atoms with Gasteiger partial charge in [0.2, 0.25) is 0 Å². The maximum absolute atomic E-state index is 13.5. The van der Waals surface area contributed by atoms with E-state index >= 15 is 0 Å². The van der Waals surface area contributed by atoms with Crippen molar-refractivity contribution in [3.8, 4) is 0 Å². The summed E-state index contributed by atoms with van der Waals surface area (Å²) < 4.78 is 13.5. The molecule has 3 N–H and O–H groups in total. The second-order valence-electron chi connectivity index (χ2n) is 5.07. The number of anilines is 1. The Kier molecular flexibility index (Phi) is 3.63. The van der Waals surface area contributed by atoms with Crippen LogP contribution in [-0.2, 0) is 0 Å². The topological polar surface area (TPSA) is 89.9 Å². The molecule has 1 fully saturated rings. The molecule has 7 heteroatoms. The quantitative estimate of drug-likeness (QED) is 0.767. The lowest BCUT2D eigenvalue weighted by Crippen LogP contribution is -2.37. The van der Waals surface area contributed by atoms with E-state index in [0.717, 1.165) is 6.07 Å². The molecule has 0 aromatic heterocycles. The largest absolute Gasteiger partial charge is 0.478 e. The van der Waals surface area contributed by atoms with E-state index in [1.54, 1.807) is 6.92 Å². The number of halogens is 1. The summed E-state index contributed by atoms with van der Waals surface area (Å²) in [5.41, 5.74) is -1.63. The molecule has 2 amide bonds. The van der Waals surface area contributed by atoms with E-state index in [0.29, 0.717) is 13.0 Å². The number of β-amino-alcohol motifs (C(OH)–C–C–N with tert-alkyl or cyclic N) is 1. The number of carbonyl (C=O) groups excluding carboxylic acids is 1. The van der Waals surface area contributed by atoms with Crippen LogP contribution in [0.15, 0.2) is 18.2 Å². The van der Waals surface area contributed by atoms with Gasteiger partial charge in [0.15, 0.2) is 0 Å². The second kappa shape index (κ2) is 5.09. The Hall–Kier alpha value is -2.15. The van der Waals surface area contributed by atoms with Crippen molar-refractivity contribution in [2.45, 2.75) is 18.9 Å². The Bertz CT molecular complexity index is 559. The highest BCUT2D eigenvalue weighted by Gasteiger charge is 2.34. The summed E-state index contributed by atoms with van der Waals surface area (Å²) in [4.78, 5) is 24.3. The van der Waals surface area contributed by atoms with Crippen LogP contribution < -0.4 is 5.32 Å². The number of aromatic carboxylic acids is 1. The number of rotatable bonds is 2. The predicted octanol–water partition coefficient (Wildman–Crippen LogP) is 1.51.